The SMILES string of the molecule is CSc1sc(SC)c(/C=N/NC(=O)c2ccccc2Nc2cccc(C)c2C)c1/C=N/NC(=O)c1ccccc1Nc1cccc(C)c1C. The molecule has 0 unspecified atom stereocenters. The number of anilines is 4. The predicted octanol–water partition coefficient (Wildman–Crippen LogP) is 9.44. The van der Waals surface area contributed by atoms with E-state index in [2.05, 4.69) is 57.7 Å². The van der Waals surface area contributed by atoms with Crippen molar-refractivity contribution in [3.05, 3.63) is 129 Å². The number of aryl methyl sites for hydroxylation is 2. The molecule has 0 aliphatic rings. The van der Waals surface area contributed by atoms with Crippen molar-refractivity contribution in [3.8, 4) is 0 Å². The normalized spacial score (nSPS) is 11.2. The summed E-state index contributed by atoms with van der Waals surface area (Å²) >= 11 is 4.77. The number of rotatable bonds is 12. The summed E-state index contributed by atoms with van der Waals surface area (Å²) < 4.78 is 2.02. The predicted molar refractivity (Wildman–Crippen MR) is 209 cm³/mol. The van der Waals surface area contributed by atoms with Crippen LogP contribution in [0.2, 0.25) is 0 Å². The van der Waals surface area contributed by atoms with Crippen LogP contribution in [0.5, 0.6) is 0 Å². The summed E-state index contributed by atoms with van der Waals surface area (Å²) in [6.45, 7) is 8.21. The first kappa shape index (κ1) is 35.5. The van der Waals surface area contributed by atoms with Crippen LogP contribution in [0.25, 0.3) is 0 Å². The Morgan fingerprint density at radius 1 is 0.571 bits per heavy atom. The Labute approximate surface area is 299 Å². The molecule has 0 saturated carbocycles. The van der Waals surface area contributed by atoms with Crippen molar-refractivity contribution in [1.29, 1.82) is 0 Å². The van der Waals surface area contributed by atoms with Crippen LogP contribution in [0.1, 0.15) is 54.1 Å². The van der Waals surface area contributed by atoms with Gasteiger partial charge < -0.3 is 10.6 Å². The second-order valence-electron chi connectivity index (χ2n) is 11.1. The number of para-hydroxylation sites is 2. The van der Waals surface area contributed by atoms with Crippen LogP contribution < -0.4 is 21.5 Å². The summed E-state index contributed by atoms with van der Waals surface area (Å²) in [4.78, 5) is 26.6. The fourth-order valence-corrected chi connectivity index (χ4v) is 7.84. The van der Waals surface area contributed by atoms with Crippen LogP contribution >= 0.6 is 34.9 Å². The van der Waals surface area contributed by atoms with Gasteiger partial charge >= 0.3 is 0 Å². The van der Waals surface area contributed by atoms with Crippen molar-refractivity contribution in [2.45, 2.75) is 36.1 Å². The molecule has 8 nitrogen and oxygen atoms in total. The molecule has 4 aromatic carbocycles. The topological polar surface area (TPSA) is 107 Å². The van der Waals surface area contributed by atoms with E-state index in [9.17, 15) is 9.59 Å². The van der Waals surface area contributed by atoms with E-state index in [0.29, 0.717) is 22.5 Å². The van der Waals surface area contributed by atoms with E-state index in [1.807, 2.05) is 87.0 Å². The van der Waals surface area contributed by atoms with E-state index in [1.165, 1.54) is 0 Å². The van der Waals surface area contributed by atoms with Gasteiger partial charge in [-0.25, -0.2) is 10.9 Å². The first-order chi connectivity index (χ1) is 23.7. The highest BCUT2D eigenvalue weighted by molar-refractivity contribution is 8.02. The van der Waals surface area contributed by atoms with Gasteiger partial charge in [0, 0.05) is 22.5 Å². The summed E-state index contributed by atoms with van der Waals surface area (Å²) in [7, 11) is 0. The van der Waals surface area contributed by atoms with Crippen LogP contribution in [0, 0.1) is 27.7 Å². The first-order valence-corrected chi connectivity index (χ1v) is 18.7. The van der Waals surface area contributed by atoms with E-state index in [-0.39, 0.29) is 11.8 Å². The molecular formula is C38H38N6O2S3. The second-order valence-corrected chi connectivity index (χ2v) is 14.3. The zero-order valence-electron chi connectivity index (χ0n) is 28.2. The maximum Gasteiger partial charge on any atom is 0.273 e. The number of thiophene rings is 1. The molecule has 5 aromatic rings. The Bertz CT molecular complexity index is 1910. The molecule has 1 aromatic heterocycles. The van der Waals surface area contributed by atoms with Crippen molar-refractivity contribution in [2.75, 3.05) is 23.1 Å². The fraction of sp³-hybridized carbons (Fsp3) is 0.158. The Hall–Kier alpha value is -4.84. The van der Waals surface area contributed by atoms with Gasteiger partial charge in [0.2, 0.25) is 0 Å². The van der Waals surface area contributed by atoms with Gasteiger partial charge in [-0.3, -0.25) is 9.59 Å². The van der Waals surface area contributed by atoms with E-state index >= 15 is 0 Å². The average Bonchev–Trinajstić information content (AvgIpc) is 3.45. The van der Waals surface area contributed by atoms with Crippen molar-refractivity contribution < 1.29 is 9.59 Å². The average molecular weight is 707 g/mol. The van der Waals surface area contributed by atoms with Gasteiger partial charge in [-0.1, -0.05) is 48.5 Å². The molecule has 4 N–H and O–H groups in total. The van der Waals surface area contributed by atoms with Crippen LogP contribution in [0.3, 0.4) is 0 Å². The molecule has 0 atom stereocenters. The minimum atomic E-state index is -0.341. The highest BCUT2D eigenvalue weighted by Crippen LogP contribution is 2.38. The molecule has 1 heterocycles. The van der Waals surface area contributed by atoms with Gasteiger partial charge in [-0.15, -0.1) is 34.9 Å². The number of nitrogens with one attached hydrogen (secondary N) is 4. The fourth-order valence-electron chi connectivity index (χ4n) is 5.04. The zero-order valence-corrected chi connectivity index (χ0v) is 30.6. The molecule has 0 aliphatic carbocycles. The Morgan fingerprint density at radius 3 is 1.37 bits per heavy atom. The third-order valence-electron chi connectivity index (χ3n) is 8.10. The van der Waals surface area contributed by atoms with Gasteiger partial charge in [0.15, 0.2) is 0 Å². The monoisotopic (exact) mass is 706 g/mol. The minimum Gasteiger partial charge on any atom is -0.355 e. The van der Waals surface area contributed by atoms with Crippen LogP contribution in [-0.2, 0) is 0 Å². The zero-order chi connectivity index (χ0) is 34.9. The van der Waals surface area contributed by atoms with Crippen molar-refractivity contribution in [2.24, 2.45) is 10.2 Å². The standard InChI is InChI=1S/C38H38N6O2S3/c1-23-13-11-19-31(25(23)3)41-33-17-9-7-15-27(33)35(45)43-39-21-29-30(38(48-6)49-37(29)47-5)22-40-44-36(46)28-16-8-10-18-34(28)42-32-20-12-14-24(2)26(32)4/h7-22,41-42H,1-6H3,(H,43,45)(H,44,46)/b39-21+,40-22+. The lowest BCUT2D eigenvalue weighted by atomic mass is 10.1. The number of benzene rings is 4. The summed E-state index contributed by atoms with van der Waals surface area (Å²) in [5.41, 5.74) is 15.7. The number of carbonyl (C=O) groups excluding carboxylic acids is 2. The molecule has 0 saturated heterocycles. The summed E-state index contributed by atoms with van der Waals surface area (Å²) in [5.74, 6) is -0.683. The smallest absolute Gasteiger partial charge is 0.273 e. The maximum absolute atomic E-state index is 13.3. The molecule has 0 aliphatic heterocycles. The Kier molecular flexibility index (Phi) is 12.0. The molecule has 49 heavy (non-hydrogen) atoms. The molecular weight excluding hydrogens is 669 g/mol. The number of amides is 2. The van der Waals surface area contributed by atoms with Gasteiger partial charge in [0.25, 0.3) is 11.8 Å². The molecule has 0 bridgehead atoms. The second kappa shape index (κ2) is 16.5. The molecule has 2 amide bonds. The summed E-state index contributed by atoms with van der Waals surface area (Å²) in [6, 6.07) is 26.8. The Balaban J connectivity index is 1.32. The largest absolute Gasteiger partial charge is 0.355 e. The summed E-state index contributed by atoms with van der Waals surface area (Å²) in [6.07, 6.45) is 7.24. The van der Waals surface area contributed by atoms with Crippen molar-refractivity contribution in [1.82, 2.24) is 10.9 Å². The van der Waals surface area contributed by atoms with E-state index in [1.54, 1.807) is 59.4 Å². The van der Waals surface area contributed by atoms with Crippen molar-refractivity contribution >= 4 is 81.9 Å². The van der Waals surface area contributed by atoms with Crippen molar-refractivity contribution in [3.63, 3.8) is 0 Å². The number of hydrogen-bond acceptors (Lipinski definition) is 9. The quantitative estimate of drug-likeness (QED) is 0.0585. The molecule has 5 rings (SSSR count). The van der Waals surface area contributed by atoms with Gasteiger partial charge in [0.05, 0.1) is 43.3 Å². The third-order valence-corrected chi connectivity index (χ3v) is 11.6. The number of hydrogen-bond donors (Lipinski definition) is 4. The maximum atomic E-state index is 13.3. The van der Waals surface area contributed by atoms with E-state index in [4.69, 9.17) is 0 Å². The molecule has 0 spiro atoms. The number of thioether (sulfide) groups is 2. The van der Waals surface area contributed by atoms with Crippen LogP contribution in [0.15, 0.2) is 104 Å². The highest BCUT2D eigenvalue weighted by Gasteiger charge is 2.17. The number of nitrogens with zero attached hydrogens (tertiary/aromatic N) is 2. The highest BCUT2D eigenvalue weighted by atomic mass is 32.2. The lowest BCUT2D eigenvalue weighted by Crippen LogP contribution is -2.19. The molecule has 0 radical (unpaired) electrons. The third kappa shape index (κ3) is 8.43. The summed E-state index contributed by atoms with van der Waals surface area (Å²) in [5, 5.41) is 15.5. The van der Waals surface area contributed by atoms with E-state index < -0.39 is 0 Å². The first-order valence-electron chi connectivity index (χ1n) is 15.5. The number of carbonyl (C=O) groups is 2. The molecule has 0 fully saturated rings. The molecule has 250 valence electrons. The van der Waals surface area contributed by atoms with Crippen LogP contribution in [-0.4, -0.2) is 36.8 Å². The van der Waals surface area contributed by atoms with Crippen LogP contribution in [0.4, 0.5) is 22.7 Å². The Morgan fingerprint density at radius 2 is 0.959 bits per heavy atom. The van der Waals surface area contributed by atoms with E-state index in [0.717, 1.165) is 53.2 Å². The number of hydrazone groups is 2. The van der Waals surface area contributed by atoms with Gasteiger partial charge in [0.1, 0.15) is 0 Å². The van der Waals surface area contributed by atoms with Gasteiger partial charge in [-0.05, 0) is 98.9 Å². The van der Waals surface area contributed by atoms with Gasteiger partial charge in [-0.2, -0.15) is 10.2 Å². The lowest BCUT2D eigenvalue weighted by Gasteiger charge is -2.14. The minimum absolute atomic E-state index is 0.341. The lowest BCUT2D eigenvalue weighted by molar-refractivity contribution is 0.0948. The molecule has 11 heteroatoms.